The Morgan fingerprint density at radius 2 is 1.89 bits per heavy atom. The van der Waals surface area contributed by atoms with E-state index >= 15 is 0 Å². The normalized spacial score (nSPS) is 20.0. The fourth-order valence-electron chi connectivity index (χ4n) is 4.04. The van der Waals surface area contributed by atoms with Crippen LogP contribution >= 0.6 is 0 Å². The van der Waals surface area contributed by atoms with Gasteiger partial charge in [-0.05, 0) is 74.8 Å². The van der Waals surface area contributed by atoms with Crippen LogP contribution in [0.15, 0.2) is 54.6 Å². The van der Waals surface area contributed by atoms with E-state index in [0.717, 1.165) is 31.4 Å². The molecular weight excluding hydrogens is 341 g/mol. The molecule has 144 valence electrons. The Kier molecular flexibility index (Phi) is 6.27. The molecule has 1 amide bonds. The average Bonchev–Trinajstić information content (AvgIpc) is 2.66. The molecule has 1 saturated heterocycles. The van der Waals surface area contributed by atoms with Crippen LogP contribution in [0.4, 0.5) is 4.39 Å². The highest BCUT2D eigenvalue weighted by Gasteiger charge is 2.34. The van der Waals surface area contributed by atoms with Crippen LogP contribution < -0.4 is 5.32 Å². The topological polar surface area (TPSA) is 38.3 Å². The summed E-state index contributed by atoms with van der Waals surface area (Å²) >= 11 is 0. The largest absolute Gasteiger partial charge is 0.376 e. The minimum Gasteiger partial charge on any atom is -0.376 e. The highest BCUT2D eigenvalue weighted by Crippen LogP contribution is 2.39. The van der Waals surface area contributed by atoms with Crippen molar-refractivity contribution in [1.82, 2.24) is 5.32 Å². The molecule has 0 bridgehead atoms. The summed E-state index contributed by atoms with van der Waals surface area (Å²) in [7, 11) is 0. The van der Waals surface area contributed by atoms with Crippen LogP contribution in [0.25, 0.3) is 0 Å². The van der Waals surface area contributed by atoms with Crippen LogP contribution in [0.5, 0.6) is 0 Å². The third kappa shape index (κ3) is 5.39. The van der Waals surface area contributed by atoms with Gasteiger partial charge in [-0.25, -0.2) is 4.39 Å². The van der Waals surface area contributed by atoms with E-state index in [0.29, 0.717) is 18.0 Å². The van der Waals surface area contributed by atoms with Gasteiger partial charge in [0.25, 0.3) is 5.91 Å². The summed E-state index contributed by atoms with van der Waals surface area (Å²) < 4.78 is 19.3. The lowest BCUT2D eigenvalue weighted by molar-refractivity contribution is -0.0771. The molecule has 0 radical (unpaired) electrons. The molecule has 1 heterocycles. The highest BCUT2D eigenvalue weighted by atomic mass is 19.1. The summed E-state index contributed by atoms with van der Waals surface area (Å²) in [5.41, 5.74) is 1.66. The summed E-state index contributed by atoms with van der Waals surface area (Å²) in [5, 5.41) is 3.03. The average molecular weight is 369 g/mol. The molecule has 2 aromatic rings. The number of hydrogen-bond acceptors (Lipinski definition) is 2. The van der Waals surface area contributed by atoms with Gasteiger partial charge < -0.3 is 10.1 Å². The molecule has 0 aromatic heterocycles. The Morgan fingerprint density at radius 1 is 1.19 bits per heavy atom. The molecule has 0 spiro atoms. The van der Waals surface area contributed by atoms with Crippen LogP contribution in [0, 0.1) is 11.7 Å². The number of hydrogen-bond donors (Lipinski definition) is 1. The summed E-state index contributed by atoms with van der Waals surface area (Å²) in [6.45, 7) is 5.58. The van der Waals surface area contributed by atoms with Crippen LogP contribution in [-0.2, 0) is 4.74 Å². The Labute approximate surface area is 160 Å². The van der Waals surface area contributed by atoms with Gasteiger partial charge in [0.1, 0.15) is 5.82 Å². The Hall–Kier alpha value is -2.20. The molecule has 0 unspecified atom stereocenters. The molecule has 1 aliphatic rings. The number of carbonyl (C=O) groups is 1. The predicted molar refractivity (Wildman–Crippen MR) is 105 cm³/mol. The number of amides is 1. The maximum Gasteiger partial charge on any atom is 0.251 e. The molecule has 2 atom stereocenters. The molecule has 1 fully saturated rings. The van der Waals surface area contributed by atoms with Crippen molar-refractivity contribution in [3.63, 3.8) is 0 Å². The number of carbonyl (C=O) groups excluding carboxylic acids is 1. The molecule has 4 heteroatoms. The molecule has 1 N–H and O–H groups in total. The van der Waals surface area contributed by atoms with E-state index in [1.807, 2.05) is 42.5 Å². The van der Waals surface area contributed by atoms with Crippen LogP contribution in [0.1, 0.15) is 54.9 Å². The van der Waals surface area contributed by atoms with Gasteiger partial charge in [-0.2, -0.15) is 0 Å². The Bertz CT molecular complexity index is 743. The lowest BCUT2D eigenvalue weighted by Crippen LogP contribution is -2.37. The zero-order valence-electron chi connectivity index (χ0n) is 16.1. The summed E-state index contributed by atoms with van der Waals surface area (Å²) in [4.78, 5) is 12.3. The van der Waals surface area contributed by atoms with Crippen molar-refractivity contribution < 1.29 is 13.9 Å². The van der Waals surface area contributed by atoms with Crippen molar-refractivity contribution >= 4 is 5.91 Å². The summed E-state index contributed by atoms with van der Waals surface area (Å²) in [6, 6.07) is 16.0. The summed E-state index contributed by atoms with van der Waals surface area (Å²) in [6.07, 6.45) is 2.77. The number of nitrogens with one attached hydrogen (secondary N) is 1. The summed E-state index contributed by atoms with van der Waals surface area (Å²) in [5.74, 6) is 0.445. The lowest BCUT2D eigenvalue weighted by atomic mass is 9.75. The van der Waals surface area contributed by atoms with E-state index in [4.69, 9.17) is 4.74 Å². The number of ether oxygens (including phenoxy) is 1. The van der Waals surface area contributed by atoms with Crippen LogP contribution in [0.3, 0.4) is 0 Å². The smallest absolute Gasteiger partial charge is 0.251 e. The molecule has 0 saturated carbocycles. The molecule has 2 aromatic carbocycles. The molecule has 3 rings (SSSR count). The quantitative estimate of drug-likeness (QED) is 0.784. The van der Waals surface area contributed by atoms with Gasteiger partial charge in [-0.1, -0.05) is 30.3 Å². The van der Waals surface area contributed by atoms with Crippen molar-refractivity contribution in [2.45, 2.75) is 44.6 Å². The molecule has 1 aliphatic heterocycles. The highest BCUT2D eigenvalue weighted by molar-refractivity contribution is 5.94. The second-order valence-electron chi connectivity index (χ2n) is 7.93. The van der Waals surface area contributed by atoms with Gasteiger partial charge in [-0.15, -0.1) is 0 Å². The molecule has 3 nitrogen and oxygen atoms in total. The van der Waals surface area contributed by atoms with Crippen molar-refractivity contribution in [3.05, 3.63) is 71.5 Å². The van der Waals surface area contributed by atoms with E-state index < -0.39 is 0 Å². The van der Waals surface area contributed by atoms with E-state index in [-0.39, 0.29) is 23.2 Å². The van der Waals surface area contributed by atoms with Gasteiger partial charge >= 0.3 is 0 Å². The van der Waals surface area contributed by atoms with Gasteiger partial charge in [-0.3, -0.25) is 4.79 Å². The number of halogens is 1. The first-order valence-corrected chi connectivity index (χ1v) is 9.67. The van der Waals surface area contributed by atoms with Crippen molar-refractivity contribution in [2.75, 3.05) is 13.2 Å². The Morgan fingerprint density at radius 3 is 2.56 bits per heavy atom. The van der Waals surface area contributed by atoms with Crippen molar-refractivity contribution in [3.8, 4) is 0 Å². The van der Waals surface area contributed by atoms with E-state index in [1.54, 1.807) is 0 Å². The standard InChI is InChI=1S/C23H28FNO2/c1-23(2)16-19(13-15-27-23)21(17-8-10-20(24)11-9-17)12-14-25-22(26)18-6-4-3-5-7-18/h3-11,19,21H,12-16H2,1-2H3,(H,25,26)/t19-,21+/m1/s1. The number of benzene rings is 2. The second-order valence-corrected chi connectivity index (χ2v) is 7.93. The number of rotatable bonds is 6. The first-order valence-electron chi connectivity index (χ1n) is 9.67. The van der Waals surface area contributed by atoms with Crippen LogP contribution in [0.2, 0.25) is 0 Å². The van der Waals surface area contributed by atoms with Gasteiger partial charge in [0.15, 0.2) is 0 Å². The fourth-order valence-corrected chi connectivity index (χ4v) is 4.04. The van der Waals surface area contributed by atoms with Crippen molar-refractivity contribution in [1.29, 1.82) is 0 Å². The minimum atomic E-state index is -0.220. The van der Waals surface area contributed by atoms with E-state index in [2.05, 4.69) is 19.2 Å². The third-order valence-electron chi connectivity index (χ3n) is 5.38. The van der Waals surface area contributed by atoms with E-state index in [1.165, 1.54) is 12.1 Å². The Balaban J connectivity index is 1.68. The lowest BCUT2D eigenvalue weighted by Gasteiger charge is -2.39. The molecular formula is C23H28FNO2. The fraction of sp³-hybridized carbons (Fsp3) is 0.435. The van der Waals surface area contributed by atoms with Crippen LogP contribution in [-0.4, -0.2) is 24.7 Å². The predicted octanol–water partition coefficient (Wildman–Crippen LogP) is 4.93. The van der Waals surface area contributed by atoms with E-state index in [9.17, 15) is 9.18 Å². The zero-order valence-corrected chi connectivity index (χ0v) is 16.1. The monoisotopic (exact) mass is 369 g/mol. The van der Waals surface area contributed by atoms with Gasteiger partial charge in [0.05, 0.1) is 5.60 Å². The SMILES string of the molecule is CC1(C)C[C@H]([C@@H](CCNC(=O)c2ccccc2)c2ccc(F)cc2)CCO1. The van der Waals surface area contributed by atoms with Crippen molar-refractivity contribution in [2.24, 2.45) is 5.92 Å². The minimum absolute atomic E-state index is 0.0548. The van der Waals surface area contributed by atoms with Gasteiger partial charge in [0, 0.05) is 18.7 Å². The second kappa shape index (κ2) is 8.66. The molecule has 27 heavy (non-hydrogen) atoms. The maximum atomic E-state index is 13.4. The maximum absolute atomic E-state index is 13.4. The third-order valence-corrected chi connectivity index (χ3v) is 5.38. The van der Waals surface area contributed by atoms with Gasteiger partial charge in [0.2, 0.25) is 0 Å². The zero-order chi connectivity index (χ0) is 19.3. The first kappa shape index (κ1) is 19.6. The first-order chi connectivity index (χ1) is 12.9. The molecule has 0 aliphatic carbocycles.